The van der Waals surface area contributed by atoms with Gasteiger partial charge in [0.15, 0.2) is 0 Å². The SMILES string of the molecule is CC(C)c1ccnc(-c2[c-]ccc3c2oc2c([Si](C)(C)C)cccc23)c1.[2H]C([2H])([2H])c1ccc(-c2[c-]cccc2)nc1.[Ir]. The monoisotopic (exact) mass is 722 g/mol. The molecule has 0 fully saturated rings. The van der Waals surface area contributed by atoms with Gasteiger partial charge in [0.25, 0.3) is 0 Å². The van der Waals surface area contributed by atoms with Crippen molar-refractivity contribution < 1.29 is 28.6 Å². The number of nitrogens with zero attached hydrogens (tertiary/aromatic N) is 2. The fourth-order valence-corrected chi connectivity index (χ4v) is 6.06. The second kappa shape index (κ2) is 12.4. The molecule has 3 nitrogen and oxygen atoms in total. The Morgan fingerprint density at radius 2 is 1.65 bits per heavy atom. The van der Waals surface area contributed by atoms with Crippen molar-refractivity contribution in [1.82, 2.24) is 9.97 Å². The summed E-state index contributed by atoms with van der Waals surface area (Å²) in [6, 6.07) is 32.0. The zero-order valence-corrected chi connectivity index (χ0v) is 26.8. The Kier molecular flexibility index (Phi) is 7.95. The van der Waals surface area contributed by atoms with Crippen molar-refractivity contribution in [2.24, 2.45) is 0 Å². The quantitative estimate of drug-likeness (QED) is 0.135. The van der Waals surface area contributed by atoms with Gasteiger partial charge >= 0.3 is 0 Å². The number of hydrogen-bond donors (Lipinski definition) is 0. The van der Waals surface area contributed by atoms with Crippen molar-refractivity contribution >= 4 is 35.2 Å². The van der Waals surface area contributed by atoms with E-state index in [9.17, 15) is 0 Å². The van der Waals surface area contributed by atoms with Gasteiger partial charge in [-0.1, -0.05) is 86.4 Å². The molecular weight excluding hydrogens is 685 g/mol. The minimum atomic E-state index is -2.09. The number of pyridine rings is 2. The van der Waals surface area contributed by atoms with E-state index in [0.717, 1.165) is 39.1 Å². The van der Waals surface area contributed by atoms with Gasteiger partial charge in [-0.3, -0.25) is 0 Å². The second-order valence-electron chi connectivity index (χ2n) is 11.0. The minimum Gasteiger partial charge on any atom is -0.501 e. The fourth-order valence-electron chi connectivity index (χ4n) is 4.59. The summed E-state index contributed by atoms with van der Waals surface area (Å²) in [5, 5.41) is 3.70. The molecule has 3 aromatic heterocycles. The van der Waals surface area contributed by atoms with Gasteiger partial charge in [0, 0.05) is 42.0 Å². The van der Waals surface area contributed by atoms with E-state index in [4.69, 9.17) is 8.53 Å². The number of para-hydroxylation sites is 1. The van der Waals surface area contributed by atoms with Crippen LogP contribution in [-0.2, 0) is 20.1 Å². The van der Waals surface area contributed by atoms with Crippen molar-refractivity contribution in [2.75, 3.05) is 0 Å². The average molecular weight is 722 g/mol. The topological polar surface area (TPSA) is 38.9 Å². The van der Waals surface area contributed by atoms with Crippen molar-refractivity contribution in [3.05, 3.63) is 115 Å². The van der Waals surface area contributed by atoms with E-state index in [-0.39, 0.29) is 25.7 Å². The summed E-state index contributed by atoms with van der Waals surface area (Å²) in [5.74, 6) is 0.463. The molecule has 205 valence electrons. The molecular formula is C35H34IrN2OSi-2. The maximum atomic E-state index is 7.23. The van der Waals surface area contributed by atoms with Gasteiger partial charge in [0.2, 0.25) is 0 Å². The molecule has 0 saturated carbocycles. The van der Waals surface area contributed by atoms with E-state index >= 15 is 0 Å². The third-order valence-electron chi connectivity index (χ3n) is 6.72. The molecule has 3 heterocycles. The summed E-state index contributed by atoms with van der Waals surface area (Å²) >= 11 is 0. The van der Waals surface area contributed by atoms with Gasteiger partial charge in [0.1, 0.15) is 5.58 Å². The van der Waals surface area contributed by atoms with E-state index in [1.807, 2.05) is 30.5 Å². The number of hydrogen-bond acceptors (Lipinski definition) is 3. The van der Waals surface area contributed by atoms with Crippen LogP contribution >= 0.6 is 0 Å². The van der Waals surface area contributed by atoms with Gasteiger partial charge in [-0.05, 0) is 41.0 Å². The van der Waals surface area contributed by atoms with Gasteiger partial charge < -0.3 is 14.4 Å². The first-order valence-electron chi connectivity index (χ1n) is 14.7. The first-order valence-corrected chi connectivity index (χ1v) is 16.7. The second-order valence-corrected chi connectivity index (χ2v) is 16.0. The summed E-state index contributed by atoms with van der Waals surface area (Å²) in [7, 11) is -1.50. The number of aromatic nitrogens is 2. The first-order chi connectivity index (χ1) is 19.9. The Hall–Kier alpha value is -3.37. The molecule has 0 N–H and O–H groups in total. The molecule has 0 bridgehead atoms. The Balaban J connectivity index is 0.000000215. The molecule has 6 rings (SSSR count). The van der Waals surface area contributed by atoms with Crippen LogP contribution in [0.1, 0.15) is 35.0 Å². The van der Waals surface area contributed by atoms with Crippen LogP contribution in [0.25, 0.3) is 44.5 Å². The van der Waals surface area contributed by atoms with Crippen LogP contribution in [-0.4, -0.2) is 18.0 Å². The third-order valence-corrected chi connectivity index (χ3v) is 8.73. The number of benzene rings is 3. The predicted octanol–water partition coefficient (Wildman–Crippen LogP) is 8.97. The summed E-state index contributed by atoms with van der Waals surface area (Å²) in [6.07, 6.45) is 3.27. The Labute approximate surface area is 256 Å². The van der Waals surface area contributed by atoms with E-state index in [0.29, 0.717) is 5.92 Å². The molecule has 0 aliphatic carbocycles. The van der Waals surface area contributed by atoms with Gasteiger partial charge in [0.05, 0.1) is 13.7 Å². The van der Waals surface area contributed by atoms with Gasteiger partial charge in [-0.25, -0.2) is 0 Å². The van der Waals surface area contributed by atoms with E-state index in [2.05, 4.69) is 92.0 Å². The van der Waals surface area contributed by atoms with Crippen LogP contribution in [0, 0.1) is 19.0 Å². The van der Waals surface area contributed by atoms with Crippen LogP contribution in [0.4, 0.5) is 0 Å². The van der Waals surface area contributed by atoms with Crippen molar-refractivity contribution in [2.45, 2.75) is 46.3 Å². The number of rotatable bonds is 4. The van der Waals surface area contributed by atoms with Crippen molar-refractivity contribution in [3.63, 3.8) is 0 Å². The zero-order chi connectivity index (χ0) is 30.1. The molecule has 6 aromatic rings. The van der Waals surface area contributed by atoms with Crippen LogP contribution in [0.15, 0.2) is 95.7 Å². The first kappa shape index (κ1) is 25.6. The smallest absolute Gasteiger partial charge is 0.120 e. The van der Waals surface area contributed by atoms with Gasteiger partial charge in [-0.2, -0.15) is 0 Å². The van der Waals surface area contributed by atoms with Crippen LogP contribution < -0.4 is 5.19 Å². The summed E-state index contributed by atoms with van der Waals surface area (Å²) in [4.78, 5) is 8.73. The molecule has 40 heavy (non-hydrogen) atoms. The maximum Gasteiger partial charge on any atom is 0.120 e. The molecule has 0 aliphatic heterocycles. The third kappa shape index (κ3) is 6.33. The molecule has 5 heteroatoms. The van der Waals surface area contributed by atoms with Crippen molar-refractivity contribution in [1.29, 1.82) is 0 Å². The molecule has 0 saturated heterocycles. The van der Waals surface area contributed by atoms with E-state index < -0.39 is 14.9 Å². The van der Waals surface area contributed by atoms with E-state index in [1.165, 1.54) is 22.3 Å². The van der Waals surface area contributed by atoms with Crippen LogP contribution in [0.5, 0.6) is 0 Å². The van der Waals surface area contributed by atoms with Gasteiger partial charge in [-0.15, -0.1) is 54.1 Å². The number of fused-ring (bicyclic) bond motifs is 3. The molecule has 0 atom stereocenters. The van der Waals surface area contributed by atoms with Crippen LogP contribution in [0.3, 0.4) is 0 Å². The molecule has 0 aliphatic rings. The molecule has 0 amide bonds. The molecule has 3 aromatic carbocycles. The fraction of sp³-hybridized carbons (Fsp3) is 0.200. The molecule has 0 spiro atoms. The van der Waals surface area contributed by atoms with E-state index in [1.54, 1.807) is 18.2 Å². The number of aryl methyl sites for hydroxylation is 1. The average Bonchev–Trinajstić information content (AvgIpc) is 3.36. The zero-order valence-electron chi connectivity index (χ0n) is 26.4. The minimum absolute atomic E-state index is 0. The normalized spacial score (nSPS) is 12.7. The Bertz CT molecular complexity index is 1830. The number of furan rings is 1. The summed E-state index contributed by atoms with van der Waals surface area (Å²) < 4.78 is 28.2. The summed E-state index contributed by atoms with van der Waals surface area (Å²) in [6.45, 7) is 9.38. The largest absolute Gasteiger partial charge is 0.501 e. The van der Waals surface area contributed by atoms with Crippen molar-refractivity contribution in [3.8, 4) is 22.5 Å². The molecule has 0 unspecified atom stereocenters. The van der Waals surface area contributed by atoms with Crippen LogP contribution in [0.2, 0.25) is 19.6 Å². The predicted molar refractivity (Wildman–Crippen MR) is 166 cm³/mol. The Morgan fingerprint density at radius 3 is 2.33 bits per heavy atom. The Morgan fingerprint density at radius 1 is 0.825 bits per heavy atom. The summed E-state index contributed by atoms with van der Waals surface area (Å²) in [5.41, 5.74) is 6.92. The maximum absolute atomic E-state index is 7.23. The molecule has 1 radical (unpaired) electrons. The standard InChI is InChI=1S/C23H24NOSi.C12H10N.Ir/c1-15(2)16-12-13-24-20(14-16)19-10-6-8-17-18-9-7-11-21(26(3,4)5)23(18)25-22(17)19;1-10-7-8-12(13-9-10)11-5-3-2-4-6-11;/h6-9,11-15H,1-5H3;2-5,7-9H,1H3;/q2*-1;/i;1D3;.